The van der Waals surface area contributed by atoms with Crippen LogP contribution in [0.3, 0.4) is 0 Å². The zero-order chi connectivity index (χ0) is 11.8. The minimum Gasteiger partial charge on any atom is -0.311 e. The quantitative estimate of drug-likeness (QED) is 0.838. The lowest BCUT2D eigenvalue weighted by atomic mass is 10.1. The van der Waals surface area contributed by atoms with Crippen molar-refractivity contribution in [2.45, 2.75) is 26.8 Å². The lowest BCUT2D eigenvalue weighted by Gasteiger charge is -2.09. The molecule has 1 aliphatic heterocycles. The van der Waals surface area contributed by atoms with Gasteiger partial charge in [-0.15, -0.1) is 11.3 Å². The summed E-state index contributed by atoms with van der Waals surface area (Å²) in [5, 5.41) is 4.45. The summed E-state index contributed by atoms with van der Waals surface area (Å²) < 4.78 is 0. The molecule has 0 saturated carbocycles. The molecule has 0 aliphatic carbocycles. The van der Waals surface area contributed by atoms with Crippen molar-refractivity contribution >= 4 is 11.3 Å². The Balaban J connectivity index is 2.06. The smallest absolute Gasteiger partial charge is 0.142 e. The van der Waals surface area contributed by atoms with Crippen molar-refractivity contribution in [3.8, 4) is 10.7 Å². The van der Waals surface area contributed by atoms with Crippen LogP contribution < -0.4 is 5.32 Å². The fraction of sp³-hybridized carbons (Fsp3) is 0.385. The van der Waals surface area contributed by atoms with Crippen molar-refractivity contribution in [3.05, 3.63) is 34.0 Å². The van der Waals surface area contributed by atoms with E-state index in [1.807, 2.05) is 6.20 Å². The number of nitrogens with one attached hydrogen (secondary N) is 1. The average Bonchev–Trinajstić information content (AvgIpc) is 2.72. The molecule has 3 nitrogen and oxygen atoms in total. The summed E-state index contributed by atoms with van der Waals surface area (Å²) in [7, 11) is 0. The fourth-order valence-electron chi connectivity index (χ4n) is 2.17. The Labute approximate surface area is 105 Å². The van der Waals surface area contributed by atoms with Gasteiger partial charge < -0.3 is 5.32 Å². The van der Waals surface area contributed by atoms with Crippen LogP contribution in [0, 0.1) is 13.8 Å². The highest BCUT2D eigenvalue weighted by atomic mass is 32.1. The molecule has 17 heavy (non-hydrogen) atoms. The predicted octanol–water partition coefficient (Wildman–Crippen LogP) is 2.47. The predicted molar refractivity (Wildman–Crippen MR) is 70.2 cm³/mol. The van der Waals surface area contributed by atoms with Gasteiger partial charge in [-0.2, -0.15) is 0 Å². The van der Waals surface area contributed by atoms with E-state index in [-0.39, 0.29) is 0 Å². The van der Waals surface area contributed by atoms with Crippen LogP contribution in [0.1, 0.15) is 21.7 Å². The van der Waals surface area contributed by atoms with Crippen LogP contribution >= 0.6 is 11.3 Å². The topological polar surface area (TPSA) is 37.8 Å². The highest BCUT2D eigenvalue weighted by Crippen LogP contribution is 2.30. The highest BCUT2D eigenvalue weighted by Gasteiger charge is 2.17. The molecule has 2 aromatic rings. The van der Waals surface area contributed by atoms with Gasteiger partial charge in [0.15, 0.2) is 0 Å². The maximum Gasteiger partial charge on any atom is 0.142 e. The second-order valence-electron chi connectivity index (χ2n) is 4.49. The van der Waals surface area contributed by atoms with E-state index in [4.69, 9.17) is 4.98 Å². The van der Waals surface area contributed by atoms with Crippen LogP contribution in [-0.2, 0) is 13.0 Å². The van der Waals surface area contributed by atoms with Gasteiger partial charge in [-0.1, -0.05) is 6.07 Å². The Morgan fingerprint density at radius 2 is 2.24 bits per heavy atom. The minimum atomic E-state index is 0.956. The molecule has 2 aromatic heterocycles. The number of hydrogen-bond acceptors (Lipinski definition) is 4. The number of rotatable bonds is 1. The molecule has 1 aliphatic rings. The SMILES string of the molecule is Cc1cnc(-c2nc3c(s2)CNCC3)c(C)c1. The van der Waals surface area contributed by atoms with Gasteiger partial charge in [-0.05, 0) is 25.0 Å². The van der Waals surface area contributed by atoms with Gasteiger partial charge >= 0.3 is 0 Å². The first-order chi connectivity index (χ1) is 8.24. The maximum atomic E-state index is 4.73. The number of pyridine rings is 1. The third-order valence-corrected chi connectivity index (χ3v) is 4.12. The van der Waals surface area contributed by atoms with Gasteiger partial charge in [-0.3, -0.25) is 4.98 Å². The molecule has 0 aromatic carbocycles. The van der Waals surface area contributed by atoms with E-state index in [2.05, 4.69) is 30.2 Å². The molecular formula is C13H15N3S. The molecule has 0 bridgehead atoms. The molecule has 0 fully saturated rings. The Hall–Kier alpha value is -1.26. The van der Waals surface area contributed by atoms with Crippen molar-refractivity contribution in [1.29, 1.82) is 0 Å². The Kier molecular flexibility index (Phi) is 2.68. The standard InChI is InChI=1S/C13H15N3S/c1-8-5-9(2)12(15-6-8)13-16-10-3-4-14-7-11(10)17-13/h5-6,14H,3-4,7H2,1-2H3. The molecule has 0 unspecified atom stereocenters. The fourth-order valence-corrected chi connectivity index (χ4v) is 3.31. The minimum absolute atomic E-state index is 0.956. The average molecular weight is 245 g/mol. The first-order valence-corrected chi connectivity index (χ1v) is 6.68. The number of fused-ring (bicyclic) bond motifs is 1. The van der Waals surface area contributed by atoms with E-state index in [1.54, 1.807) is 11.3 Å². The number of aryl methyl sites for hydroxylation is 2. The molecule has 3 heterocycles. The van der Waals surface area contributed by atoms with Crippen LogP contribution in [0.4, 0.5) is 0 Å². The van der Waals surface area contributed by atoms with E-state index in [0.717, 1.165) is 30.2 Å². The zero-order valence-electron chi connectivity index (χ0n) is 10.1. The molecule has 0 spiro atoms. The highest BCUT2D eigenvalue weighted by molar-refractivity contribution is 7.15. The van der Waals surface area contributed by atoms with E-state index in [1.165, 1.54) is 21.7 Å². The van der Waals surface area contributed by atoms with Crippen molar-refractivity contribution in [1.82, 2.24) is 15.3 Å². The van der Waals surface area contributed by atoms with E-state index in [9.17, 15) is 0 Å². The number of aromatic nitrogens is 2. The summed E-state index contributed by atoms with van der Waals surface area (Å²) in [6.45, 7) is 6.17. The van der Waals surface area contributed by atoms with Crippen LogP contribution in [0.2, 0.25) is 0 Å². The monoisotopic (exact) mass is 245 g/mol. The van der Waals surface area contributed by atoms with E-state index in [0.29, 0.717) is 0 Å². The molecule has 0 atom stereocenters. The second kappa shape index (κ2) is 4.20. The maximum absolute atomic E-state index is 4.73. The Bertz CT molecular complexity index is 536. The Morgan fingerprint density at radius 1 is 1.35 bits per heavy atom. The molecule has 3 rings (SSSR count). The third-order valence-electron chi connectivity index (χ3n) is 3.02. The van der Waals surface area contributed by atoms with Crippen LogP contribution in [-0.4, -0.2) is 16.5 Å². The molecule has 88 valence electrons. The van der Waals surface area contributed by atoms with Gasteiger partial charge in [0.1, 0.15) is 10.7 Å². The first-order valence-electron chi connectivity index (χ1n) is 5.87. The lowest BCUT2D eigenvalue weighted by Crippen LogP contribution is -2.22. The van der Waals surface area contributed by atoms with Gasteiger partial charge in [-0.25, -0.2) is 4.98 Å². The summed E-state index contributed by atoms with van der Waals surface area (Å²) in [4.78, 5) is 10.6. The summed E-state index contributed by atoms with van der Waals surface area (Å²) in [5.41, 5.74) is 4.71. The summed E-state index contributed by atoms with van der Waals surface area (Å²) in [6.07, 6.45) is 2.96. The van der Waals surface area contributed by atoms with Crippen LogP contribution in [0.25, 0.3) is 10.7 Å². The molecule has 0 radical (unpaired) electrons. The summed E-state index contributed by atoms with van der Waals surface area (Å²) >= 11 is 1.77. The second-order valence-corrected chi connectivity index (χ2v) is 5.58. The van der Waals surface area contributed by atoms with E-state index >= 15 is 0 Å². The summed E-state index contributed by atoms with van der Waals surface area (Å²) in [5.74, 6) is 0. The third kappa shape index (κ3) is 1.98. The normalized spacial score (nSPS) is 14.7. The lowest BCUT2D eigenvalue weighted by molar-refractivity contribution is 0.644. The molecule has 0 amide bonds. The zero-order valence-corrected chi connectivity index (χ0v) is 10.9. The van der Waals surface area contributed by atoms with Gasteiger partial charge in [0, 0.05) is 30.6 Å². The van der Waals surface area contributed by atoms with Crippen LogP contribution in [0.5, 0.6) is 0 Å². The molecule has 1 N–H and O–H groups in total. The van der Waals surface area contributed by atoms with Crippen molar-refractivity contribution < 1.29 is 0 Å². The van der Waals surface area contributed by atoms with Crippen molar-refractivity contribution in [2.24, 2.45) is 0 Å². The number of nitrogens with zero attached hydrogens (tertiary/aromatic N) is 2. The molecular weight excluding hydrogens is 230 g/mol. The molecule has 0 saturated heterocycles. The number of thiazole rings is 1. The van der Waals surface area contributed by atoms with Gasteiger partial charge in [0.05, 0.1) is 5.69 Å². The van der Waals surface area contributed by atoms with Crippen LogP contribution in [0.15, 0.2) is 12.3 Å². The van der Waals surface area contributed by atoms with Crippen molar-refractivity contribution in [3.63, 3.8) is 0 Å². The Morgan fingerprint density at radius 3 is 3.00 bits per heavy atom. The van der Waals surface area contributed by atoms with Gasteiger partial charge in [0.25, 0.3) is 0 Å². The first kappa shape index (κ1) is 10.9. The summed E-state index contributed by atoms with van der Waals surface area (Å²) in [6, 6.07) is 2.17. The number of hydrogen-bond donors (Lipinski definition) is 1. The largest absolute Gasteiger partial charge is 0.311 e. The van der Waals surface area contributed by atoms with Gasteiger partial charge in [0.2, 0.25) is 0 Å². The molecule has 4 heteroatoms. The van der Waals surface area contributed by atoms with E-state index < -0.39 is 0 Å². The van der Waals surface area contributed by atoms with Crippen molar-refractivity contribution in [2.75, 3.05) is 6.54 Å².